The van der Waals surface area contributed by atoms with Gasteiger partial charge in [-0.25, -0.2) is 5.43 Å². The van der Waals surface area contributed by atoms with Crippen LogP contribution in [0.5, 0.6) is 17.2 Å². The predicted molar refractivity (Wildman–Crippen MR) is 97.1 cm³/mol. The molecule has 0 aliphatic heterocycles. The Hall–Kier alpha value is -3.02. The molecule has 6 nitrogen and oxygen atoms in total. The van der Waals surface area contributed by atoms with Crippen LogP contribution in [0.25, 0.3) is 0 Å². The van der Waals surface area contributed by atoms with E-state index < -0.39 is 0 Å². The van der Waals surface area contributed by atoms with Crippen LogP contribution in [-0.4, -0.2) is 33.5 Å². The minimum Gasteiger partial charge on any atom is -0.493 e. The third-order valence-electron chi connectivity index (χ3n) is 3.87. The fraction of sp³-hybridized carbons (Fsp3) is 0.263. The third kappa shape index (κ3) is 4.09. The number of rotatable bonds is 6. The maximum absolute atomic E-state index is 12.2. The lowest BCUT2D eigenvalue weighted by molar-refractivity contribution is 0.0955. The van der Waals surface area contributed by atoms with Gasteiger partial charge in [0.2, 0.25) is 5.75 Å². The highest BCUT2D eigenvalue weighted by atomic mass is 16.5. The smallest absolute Gasteiger partial charge is 0.271 e. The molecule has 132 valence electrons. The van der Waals surface area contributed by atoms with Gasteiger partial charge in [-0.05, 0) is 49.2 Å². The van der Waals surface area contributed by atoms with Crippen molar-refractivity contribution in [2.45, 2.75) is 13.8 Å². The summed E-state index contributed by atoms with van der Waals surface area (Å²) in [6, 6.07) is 9.02. The Kier molecular flexibility index (Phi) is 6.00. The van der Waals surface area contributed by atoms with Crippen LogP contribution < -0.4 is 19.6 Å². The molecule has 0 aromatic heterocycles. The van der Waals surface area contributed by atoms with Crippen molar-refractivity contribution in [1.29, 1.82) is 0 Å². The predicted octanol–water partition coefficient (Wildman–Crippen LogP) is 3.09. The van der Waals surface area contributed by atoms with E-state index in [1.165, 1.54) is 20.4 Å². The standard InChI is InChI=1S/C19H22N2O4/c1-12-6-7-14(10-13(12)2)19(22)21-20-11-15-8-9-16(23-3)18(25-5)17(15)24-4/h6-11H,1-5H3,(H,21,22). The van der Waals surface area contributed by atoms with Gasteiger partial charge in [-0.15, -0.1) is 0 Å². The first-order valence-corrected chi connectivity index (χ1v) is 7.71. The van der Waals surface area contributed by atoms with Gasteiger partial charge in [0.05, 0.1) is 27.5 Å². The SMILES string of the molecule is COc1ccc(C=NNC(=O)c2ccc(C)c(C)c2)c(OC)c1OC. The van der Waals surface area contributed by atoms with E-state index in [1.807, 2.05) is 26.0 Å². The quantitative estimate of drug-likeness (QED) is 0.647. The molecule has 1 amide bonds. The summed E-state index contributed by atoms with van der Waals surface area (Å²) < 4.78 is 15.9. The van der Waals surface area contributed by atoms with Crippen molar-refractivity contribution in [1.82, 2.24) is 5.43 Å². The number of hydrogen-bond acceptors (Lipinski definition) is 5. The van der Waals surface area contributed by atoms with Crippen molar-refractivity contribution in [2.24, 2.45) is 5.10 Å². The second-order valence-corrected chi connectivity index (χ2v) is 5.42. The van der Waals surface area contributed by atoms with E-state index in [0.29, 0.717) is 28.4 Å². The van der Waals surface area contributed by atoms with Gasteiger partial charge >= 0.3 is 0 Å². The van der Waals surface area contributed by atoms with E-state index in [1.54, 1.807) is 25.3 Å². The maximum atomic E-state index is 12.2. The molecule has 0 saturated carbocycles. The molecule has 0 atom stereocenters. The van der Waals surface area contributed by atoms with Crippen LogP contribution in [0, 0.1) is 13.8 Å². The molecule has 0 spiro atoms. The van der Waals surface area contributed by atoms with Crippen LogP contribution in [0.15, 0.2) is 35.4 Å². The van der Waals surface area contributed by atoms with Crippen LogP contribution in [0.3, 0.4) is 0 Å². The molecule has 0 heterocycles. The van der Waals surface area contributed by atoms with Crippen molar-refractivity contribution in [2.75, 3.05) is 21.3 Å². The molecule has 0 unspecified atom stereocenters. The summed E-state index contributed by atoms with van der Waals surface area (Å²) in [6.45, 7) is 3.96. The van der Waals surface area contributed by atoms with Gasteiger partial charge in [0, 0.05) is 11.1 Å². The van der Waals surface area contributed by atoms with Gasteiger partial charge < -0.3 is 14.2 Å². The van der Waals surface area contributed by atoms with Crippen molar-refractivity contribution >= 4 is 12.1 Å². The second-order valence-electron chi connectivity index (χ2n) is 5.42. The molecule has 2 aromatic carbocycles. The van der Waals surface area contributed by atoms with E-state index in [2.05, 4.69) is 10.5 Å². The van der Waals surface area contributed by atoms with Crippen LogP contribution in [0.2, 0.25) is 0 Å². The topological polar surface area (TPSA) is 69.2 Å². The van der Waals surface area contributed by atoms with Crippen molar-refractivity contribution in [3.05, 3.63) is 52.6 Å². The highest BCUT2D eigenvalue weighted by molar-refractivity contribution is 5.95. The number of carbonyl (C=O) groups is 1. The Bertz CT molecular complexity index is 800. The Morgan fingerprint density at radius 3 is 2.28 bits per heavy atom. The second kappa shape index (κ2) is 8.19. The van der Waals surface area contributed by atoms with Crippen molar-refractivity contribution in [3.8, 4) is 17.2 Å². The number of benzene rings is 2. The van der Waals surface area contributed by atoms with Crippen LogP contribution in [-0.2, 0) is 0 Å². The van der Waals surface area contributed by atoms with Gasteiger partial charge in [0.25, 0.3) is 5.91 Å². The summed E-state index contributed by atoms with van der Waals surface area (Å²) >= 11 is 0. The van der Waals surface area contributed by atoms with Gasteiger partial charge in [0.15, 0.2) is 11.5 Å². The third-order valence-corrected chi connectivity index (χ3v) is 3.87. The number of hydrogen-bond donors (Lipinski definition) is 1. The van der Waals surface area contributed by atoms with Gasteiger partial charge in [0.1, 0.15) is 0 Å². The first-order valence-electron chi connectivity index (χ1n) is 7.71. The fourth-order valence-electron chi connectivity index (χ4n) is 2.33. The van der Waals surface area contributed by atoms with Crippen LogP contribution in [0.1, 0.15) is 27.0 Å². The number of carbonyl (C=O) groups excluding carboxylic acids is 1. The summed E-state index contributed by atoms with van der Waals surface area (Å²) in [6.07, 6.45) is 1.50. The normalized spacial score (nSPS) is 10.6. The number of aryl methyl sites for hydroxylation is 2. The van der Waals surface area contributed by atoms with E-state index >= 15 is 0 Å². The Labute approximate surface area is 147 Å². The number of nitrogens with zero attached hydrogens (tertiary/aromatic N) is 1. The molecule has 0 aliphatic carbocycles. The Balaban J connectivity index is 2.19. The number of hydrazone groups is 1. The highest BCUT2D eigenvalue weighted by Gasteiger charge is 2.14. The van der Waals surface area contributed by atoms with E-state index in [0.717, 1.165) is 11.1 Å². The van der Waals surface area contributed by atoms with Crippen molar-refractivity contribution in [3.63, 3.8) is 0 Å². The minimum atomic E-state index is -0.279. The molecule has 1 N–H and O–H groups in total. The highest BCUT2D eigenvalue weighted by Crippen LogP contribution is 2.38. The molecule has 0 fully saturated rings. The molecule has 2 aromatic rings. The van der Waals surface area contributed by atoms with E-state index in [-0.39, 0.29) is 5.91 Å². The number of ether oxygens (including phenoxy) is 3. The monoisotopic (exact) mass is 342 g/mol. The molecule has 0 aliphatic rings. The summed E-state index contributed by atoms with van der Waals surface area (Å²) in [7, 11) is 4.61. The maximum Gasteiger partial charge on any atom is 0.271 e. The number of nitrogens with one attached hydrogen (secondary N) is 1. The molecule has 0 saturated heterocycles. The number of methoxy groups -OCH3 is 3. The lowest BCUT2D eigenvalue weighted by Gasteiger charge is -2.13. The summed E-state index contributed by atoms with van der Waals surface area (Å²) in [5.74, 6) is 1.22. The largest absolute Gasteiger partial charge is 0.493 e. The average molecular weight is 342 g/mol. The zero-order valence-electron chi connectivity index (χ0n) is 15.0. The zero-order chi connectivity index (χ0) is 18.4. The first kappa shape index (κ1) is 18.3. The lowest BCUT2D eigenvalue weighted by atomic mass is 10.1. The van der Waals surface area contributed by atoms with Crippen LogP contribution in [0.4, 0.5) is 0 Å². The molecule has 0 radical (unpaired) electrons. The Morgan fingerprint density at radius 1 is 0.960 bits per heavy atom. The summed E-state index contributed by atoms with van der Waals surface area (Å²) in [5.41, 5.74) is 5.91. The van der Waals surface area contributed by atoms with Gasteiger partial charge in [-0.2, -0.15) is 5.10 Å². The molecule has 2 rings (SSSR count). The molecular formula is C19H22N2O4. The van der Waals surface area contributed by atoms with E-state index in [9.17, 15) is 4.79 Å². The summed E-state index contributed by atoms with van der Waals surface area (Å²) in [5, 5.41) is 4.01. The first-order chi connectivity index (χ1) is 12.0. The molecule has 6 heteroatoms. The van der Waals surface area contributed by atoms with Crippen LogP contribution >= 0.6 is 0 Å². The summed E-state index contributed by atoms with van der Waals surface area (Å²) in [4.78, 5) is 12.2. The van der Waals surface area contributed by atoms with Crippen molar-refractivity contribution < 1.29 is 19.0 Å². The lowest BCUT2D eigenvalue weighted by Crippen LogP contribution is -2.17. The fourth-order valence-corrected chi connectivity index (χ4v) is 2.33. The van der Waals surface area contributed by atoms with Gasteiger partial charge in [-0.1, -0.05) is 6.07 Å². The molecule has 0 bridgehead atoms. The molecular weight excluding hydrogens is 320 g/mol. The number of amides is 1. The average Bonchev–Trinajstić information content (AvgIpc) is 2.62. The van der Waals surface area contributed by atoms with E-state index in [4.69, 9.17) is 14.2 Å². The molecule has 25 heavy (non-hydrogen) atoms. The van der Waals surface area contributed by atoms with Gasteiger partial charge in [-0.3, -0.25) is 4.79 Å². The Morgan fingerprint density at radius 2 is 1.68 bits per heavy atom. The zero-order valence-corrected chi connectivity index (χ0v) is 15.0. The minimum absolute atomic E-state index is 0.279.